The molecule has 0 amide bonds. The van der Waals surface area contributed by atoms with Crippen molar-refractivity contribution in [2.45, 2.75) is 31.6 Å². The molecule has 0 radical (unpaired) electrons. The van der Waals surface area contributed by atoms with Gasteiger partial charge in [0.1, 0.15) is 0 Å². The average Bonchev–Trinajstić information content (AvgIpc) is 2.16. The molecule has 1 aromatic heterocycles. The Balaban J connectivity index is 3.06. The number of nitrogens with zero attached hydrogens (tertiary/aromatic N) is 3. The van der Waals surface area contributed by atoms with Crippen molar-refractivity contribution in [3.8, 4) is 0 Å². The van der Waals surface area contributed by atoms with Crippen LogP contribution < -0.4 is 10.5 Å². The van der Waals surface area contributed by atoms with Gasteiger partial charge in [-0.25, -0.2) is 4.98 Å². The van der Waals surface area contributed by atoms with Gasteiger partial charge in [0.15, 0.2) is 5.82 Å². The summed E-state index contributed by atoms with van der Waals surface area (Å²) in [4.78, 5) is 18.4. The normalized spacial score (nSPS) is 12.9. The molecule has 1 aromatic rings. The van der Waals surface area contributed by atoms with Crippen LogP contribution in [0.2, 0.25) is 0 Å². The van der Waals surface area contributed by atoms with Crippen LogP contribution in [0.15, 0.2) is 17.2 Å². The quantitative estimate of drug-likeness (QED) is 0.796. The van der Waals surface area contributed by atoms with Crippen molar-refractivity contribution in [1.82, 2.24) is 9.55 Å². The topological polar surface area (TPSA) is 38.1 Å². The van der Waals surface area contributed by atoms with Crippen LogP contribution in [0.3, 0.4) is 0 Å². The summed E-state index contributed by atoms with van der Waals surface area (Å²) >= 11 is 3.47. The fraction of sp³-hybridized carbons (Fsp3) is 0.636. The van der Waals surface area contributed by atoms with Crippen molar-refractivity contribution in [3.05, 3.63) is 22.7 Å². The summed E-state index contributed by atoms with van der Waals surface area (Å²) < 4.78 is 1.69. The summed E-state index contributed by atoms with van der Waals surface area (Å²) in [6.45, 7) is 6.77. The van der Waals surface area contributed by atoms with Crippen LogP contribution in [-0.2, 0) is 0 Å². The molecule has 0 bridgehead atoms. The highest BCUT2D eigenvalue weighted by molar-refractivity contribution is 9.09. The maximum absolute atomic E-state index is 12.1. The predicted octanol–water partition coefficient (Wildman–Crippen LogP) is 2.04. The Kier molecular flexibility index (Phi) is 4.53. The van der Waals surface area contributed by atoms with Crippen LogP contribution in [0, 0.1) is 0 Å². The molecule has 1 rings (SSSR count). The second-order valence-corrected chi connectivity index (χ2v) is 5.78. The minimum absolute atomic E-state index is 0.0341. The first kappa shape index (κ1) is 13.2. The Morgan fingerprint density at radius 3 is 2.62 bits per heavy atom. The van der Waals surface area contributed by atoms with Gasteiger partial charge in [0.25, 0.3) is 5.56 Å². The van der Waals surface area contributed by atoms with E-state index in [1.165, 1.54) is 0 Å². The molecule has 4 nitrogen and oxygen atoms in total. The monoisotopic (exact) mass is 287 g/mol. The maximum atomic E-state index is 12.1. The van der Waals surface area contributed by atoms with E-state index in [2.05, 4.69) is 20.9 Å². The molecule has 0 aromatic carbocycles. The van der Waals surface area contributed by atoms with Gasteiger partial charge in [-0.05, 0) is 13.8 Å². The Bertz CT molecular complexity index is 400. The van der Waals surface area contributed by atoms with Gasteiger partial charge < -0.3 is 9.47 Å². The smallest absolute Gasteiger partial charge is 0.293 e. The zero-order valence-corrected chi connectivity index (χ0v) is 11.7. The number of hydrogen-bond acceptors (Lipinski definition) is 3. The summed E-state index contributed by atoms with van der Waals surface area (Å²) in [7, 11) is 1.88. The third-order valence-electron chi connectivity index (χ3n) is 2.29. The molecule has 1 heterocycles. The van der Waals surface area contributed by atoms with E-state index < -0.39 is 0 Å². The summed E-state index contributed by atoms with van der Waals surface area (Å²) in [5.74, 6) is 0.502. The summed E-state index contributed by atoms with van der Waals surface area (Å²) in [6, 6.07) is 0.157. The molecule has 0 saturated carbocycles. The molecule has 5 heteroatoms. The molecule has 16 heavy (non-hydrogen) atoms. The van der Waals surface area contributed by atoms with Crippen molar-refractivity contribution in [2.24, 2.45) is 0 Å². The number of anilines is 1. The van der Waals surface area contributed by atoms with E-state index in [0.29, 0.717) is 10.6 Å². The van der Waals surface area contributed by atoms with E-state index in [9.17, 15) is 4.79 Å². The van der Waals surface area contributed by atoms with E-state index in [1.807, 2.05) is 32.7 Å². The Morgan fingerprint density at radius 2 is 2.12 bits per heavy atom. The molecule has 1 unspecified atom stereocenters. The lowest BCUT2D eigenvalue weighted by Crippen LogP contribution is -2.33. The Labute approximate surface area is 104 Å². The van der Waals surface area contributed by atoms with E-state index in [4.69, 9.17) is 0 Å². The summed E-state index contributed by atoms with van der Waals surface area (Å²) in [6.07, 6.45) is 3.40. The van der Waals surface area contributed by atoms with Crippen molar-refractivity contribution in [3.63, 3.8) is 0 Å². The van der Waals surface area contributed by atoms with Crippen LogP contribution in [-0.4, -0.2) is 28.0 Å². The van der Waals surface area contributed by atoms with Crippen LogP contribution in [0.5, 0.6) is 0 Å². The molecular formula is C11H18BrN3O. The molecule has 0 saturated heterocycles. The standard InChI is InChI=1S/C11H18BrN3O/c1-8(2)15-6-5-13-10(11(15)16)14(4)7-9(3)12/h5-6,8-9H,7H2,1-4H3. The number of alkyl halides is 1. The van der Waals surface area contributed by atoms with Gasteiger partial charge in [-0.15, -0.1) is 0 Å². The predicted molar refractivity (Wildman–Crippen MR) is 70.5 cm³/mol. The lowest BCUT2D eigenvalue weighted by molar-refractivity contribution is 0.572. The zero-order chi connectivity index (χ0) is 12.3. The minimum atomic E-state index is -0.0341. The third kappa shape index (κ3) is 3.07. The van der Waals surface area contributed by atoms with Crippen LogP contribution >= 0.6 is 15.9 Å². The summed E-state index contributed by atoms with van der Waals surface area (Å²) in [5, 5.41) is 0. The van der Waals surface area contributed by atoms with Gasteiger partial charge in [-0.1, -0.05) is 22.9 Å². The van der Waals surface area contributed by atoms with Crippen molar-refractivity contribution in [2.75, 3.05) is 18.5 Å². The Morgan fingerprint density at radius 1 is 1.50 bits per heavy atom. The first-order valence-corrected chi connectivity index (χ1v) is 6.27. The van der Waals surface area contributed by atoms with Gasteiger partial charge in [0.05, 0.1) is 0 Å². The van der Waals surface area contributed by atoms with Gasteiger partial charge in [0, 0.05) is 36.9 Å². The fourth-order valence-corrected chi connectivity index (χ4v) is 1.98. The van der Waals surface area contributed by atoms with Gasteiger partial charge >= 0.3 is 0 Å². The number of hydrogen-bond donors (Lipinski definition) is 0. The highest BCUT2D eigenvalue weighted by Crippen LogP contribution is 2.07. The Hall–Kier alpha value is -0.840. The molecular weight excluding hydrogens is 270 g/mol. The molecule has 1 atom stereocenters. The molecule has 0 spiro atoms. The van der Waals surface area contributed by atoms with E-state index in [0.717, 1.165) is 6.54 Å². The maximum Gasteiger partial charge on any atom is 0.293 e. The number of halogens is 1. The van der Waals surface area contributed by atoms with E-state index in [1.54, 1.807) is 17.0 Å². The van der Waals surface area contributed by atoms with Gasteiger partial charge in [-0.2, -0.15) is 0 Å². The molecule has 0 N–H and O–H groups in total. The van der Waals surface area contributed by atoms with E-state index >= 15 is 0 Å². The highest BCUT2D eigenvalue weighted by Gasteiger charge is 2.12. The number of aromatic nitrogens is 2. The van der Waals surface area contributed by atoms with Crippen molar-refractivity contribution >= 4 is 21.7 Å². The van der Waals surface area contributed by atoms with Gasteiger partial charge in [0.2, 0.25) is 0 Å². The van der Waals surface area contributed by atoms with Crippen LogP contribution in [0.4, 0.5) is 5.82 Å². The SMILES string of the molecule is CC(Br)CN(C)c1nccn(C(C)C)c1=O. The second kappa shape index (κ2) is 5.48. The number of rotatable bonds is 4. The third-order valence-corrected chi connectivity index (χ3v) is 2.58. The summed E-state index contributed by atoms with van der Waals surface area (Å²) in [5.41, 5.74) is -0.0341. The lowest BCUT2D eigenvalue weighted by atomic mass is 10.3. The first-order chi connectivity index (χ1) is 7.43. The fourth-order valence-electron chi connectivity index (χ4n) is 1.55. The second-order valence-electron chi connectivity index (χ2n) is 4.22. The molecule has 0 aliphatic carbocycles. The van der Waals surface area contributed by atoms with Crippen molar-refractivity contribution in [1.29, 1.82) is 0 Å². The van der Waals surface area contributed by atoms with E-state index in [-0.39, 0.29) is 11.6 Å². The first-order valence-electron chi connectivity index (χ1n) is 5.35. The largest absolute Gasteiger partial charge is 0.354 e. The molecule has 0 aliphatic heterocycles. The van der Waals surface area contributed by atoms with Gasteiger partial charge in [-0.3, -0.25) is 4.79 Å². The average molecular weight is 288 g/mol. The zero-order valence-electron chi connectivity index (χ0n) is 10.1. The highest BCUT2D eigenvalue weighted by atomic mass is 79.9. The molecule has 90 valence electrons. The molecule has 0 aliphatic rings. The van der Waals surface area contributed by atoms with Crippen molar-refractivity contribution < 1.29 is 0 Å². The molecule has 0 fully saturated rings. The lowest BCUT2D eigenvalue weighted by Gasteiger charge is -2.20. The van der Waals surface area contributed by atoms with Crippen LogP contribution in [0.1, 0.15) is 26.8 Å². The minimum Gasteiger partial charge on any atom is -0.354 e. The van der Waals surface area contributed by atoms with Crippen LogP contribution in [0.25, 0.3) is 0 Å².